The standard InChI is InChI=1S/C22H30N4O4/c1-13(2)19(21(27)28)25-11-15-5-7-17(23-9-15)18-8-6-16(10-24-18)12-26-20(14(3)4)22(29)30/h5-10,13-14,19-20,25-26H,11-12H2,1-4H3,(H,27,28)(H,29,30)/t19-,20-/m0/s1. The number of carboxylic acid groups (broad SMARTS) is 2. The van der Waals surface area contributed by atoms with Crippen molar-refractivity contribution in [3.8, 4) is 11.4 Å². The van der Waals surface area contributed by atoms with Crippen LogP contribution in [0.15, 0.2) is 36.7 Å². The number of rotatable bonds is 11. The maximum atomic E-state index is 11.3. The molecule has 0 fully saturated rings. The maximum absolute atomic E-state index is 11.3. The normalized spacial score (nSPS) is 13.4. The summed E-state index contributed by atoms with van der Waals surface area (Å²) in [6, 6.07) is 6.27. The highest BCUT2D eigenvalue weighted by Crippen LogP contribution is 2.15. The number of nitrogens with one attached hydrogen (secondary N) is 2. The summed E-state index contributed by atoms with van der Waals surface area (Å²) in [6.07, 6.45) is 3.41. The van der Waals surface area contributed by atoms with Gasteiger partial charge in [-0.05, 0) is 35.1 Å². The van der Waals surface area contributed by atoms with Crippen molar-refractivity contribution >= 4 is 11.9 Å². The summed E-state index contributed by atoms with van der Waals surface area (Å²) >= 11 is 0. The fourth-order valence-electron chi connectivity index (χ4n) is 3.03. The summed E-state index contributed by atoms with van der Waals surface area (Å²) in [6.45, 7) is 8.29. The van der Waals surface area contributed by atoms with Gasteiger partial charge in [0.2, 0.25) is 0 Å². The van der Waals surface area contributed by atoms with Crippen molar-refractivity contribution in [2.24, 2.45) is 11.8 Å². The average molecular weight is 415 g/mol. The van der Waals surface area contributed by atoms with Gasteiger partial charge in [0, 0.05) is 25.5 Å². The van der Waals surface area contributed by atoms with Crippen LogP contribution in [0.5, 0.6) is 0 Å². The Kier molecular flexibility index (Phi) is 8.44. The first-order valence-electron chi connectivity index (χ1n) is 10.0. The first kappa shape index (κ1) is 23.4. The van der Waals surface area contributed by atoms with Crippen molar-refractivity contribution in [3.63, 3.8) is 0 Å². The van der Waals surface area contributed by atoms with E-state index in [1.54, 1.807) is 12.4 Å². The zero-order valence-corrected chi connectivity index (χ0v) is 17.8. The lowest BCUT2D eigenvalue weighted by Crippen LogP contribution is -2.40. The van der Waals surface area contributed by atoms with Gasteiger partial charge in [0.15, 0.2) is 0 Å². The first-order chi connectivity index (χ1) is 14.2. The number of hydrogen-bond acceptors (Lipinski definition) is 6. The summed E-state index contributed by atoms with van der Waals surface area (Å²) < 4.78 is 0. The zero-order valence-electron chi connectivity index (χ0n) is 17.8. The number of aromatic nitrogens is 2. The van der Waals surface area contributed by atoms with Gasteiger partial charge >= 0.3 is 11.9 Å². The Morgan fingerprint density at radius 3 is 1.37 bits per heavy atom. The quantitative estimate of drug-likeness (QED) is 0.442. The number of nitrogens with zero attached hydrogens (tertiary/aromatic N) is 2. The third-order valence-electron chi connectivity index (χ3n) is 4.83. The van der Waals surface area contributed by atoms with E-state index in [4.69, 9.17) is 0 Å². The van der Waals surface area contributed by atoms with E-state index in [0.29, 0.717) is 24.5 Å². The zero-order chi connectivity index (χ0) is 22.3. The van der Waals surface area contributed by atoms with Crippen LogP contribution in [0.3, 0.4) is 0 Å². The van der Waals surface area contributed by atoms with E-state index in [9.17, 15) is 19.8 Å². The number of carboxylic acids is 2. The molecule has 2 aromatic rings. The summed E-state index contributed by atoms with van der Waals surface area (Å²) in [5, 5.41) is 24.6. The summed E-state index contributed by atoms with van der Waals surface area (Å²) in [7, 11) is 0. The van der Waals surface area contributed by atoms with Gasteiger partial charge in [-0.1, -0.05) is 39.8 Å². The minimum absolute atomic E-state index is 0.0155. The van der Waals surface area contributed by atoms with Gasteiger partial charge in [-0.2, -0.15) is 0 Å². The molecule has 0 aliphatic rings. The molecular formula is C22H30N4O4. The van der Waals surface area contributed by atoms with Crippen molar-refractivity contribution in [2.75, 3.05) is 0 Å². The molecule has 0 aromatic carbocycles. The van der Waals surface area contributed by atoms with E-state index >= 15 is 0 Å². The fourth-order valence-corrected chi connectivity index (χ4v) is 3.03. The molecule has 162 valence electrons. The Labute approximate surface area is 176 Å². The second-order valence-electron chi connectivity index (χ2n) is 7.99. The Balaban J connectivity index is 1.96. The van der Waals surface area contributed by atoms with Crippen LogP contribution in [0.4, 0.5) is 0 Å². The minimum atomic E-state index is -0.864. The van der Waals surface area contributed by atoms with Crippen LogP contribution in [0.1, 0.15) is 38.8 Å². The van der Waals surface area contributed by atoms with E-state index in [2.05, 4.69) is 20.6 Å². The van der Waals surface area contributed by atoms with Gasteiger partial charge in [0.1, 0.15) is 12.1 Å². The van der Waals surface area contributed by atoms with Crippen molar-refractivity contribution in [1.29, 1.82) is 0 Å². The molecule has 0 aliphatic carbocycles. The Morgan fingerprint density at radius 2 is 1.13 bits per heavy atom. The lowest BCUT2D eigenvalue weighted by molar-refractivity contribution is -0.141. The molecule has 0 saturated carbocycles. The molecule has 2 aromatic heterocycles. The van der Waals surface area contributed by atoms with Crippen LogP contribution >= 0.6 is 0 Å². The minimum Gasteiger partial charge on any atom is -0.480 e. The summed E-state index contributed by atoms with van der Waals surface area (Å²) in [5.41, 5.74) is 3.20. The van der Waals surface area contributed by atoms with Crippen LogP contribution in [-0.4, -0.2) is 44.2 Å². The highest BCUT2D eigenvalue weighted by atomic mass is 16.4. The van der Waals surface area contributed by atoms with Crippen LogP contribution in [0.2, 0.25) is 0 Å². The van der Waals surface area contributed by atoms with Crippen LogP contribution in [0, 0.1) is 11.8 Å². The predicted octanol–water partition coefficient (Wildman–Crippen LogP) is 2.54. The molecule has 4 N–H and O–H groups in total. The number of hydrogen-bond donors (Lipinski definition) is 4. The molecule has 2 atom stereocenters. The van der Waals surface area contributed by atoms with Gasteiger partial charge in [0.25, 0.3) is 0 Å². The summed E-state index contributed by atoms with van der Waals surface area (Å²) in [4.78, 5) is 31.4. The smallest absolute Gasteiger partial charge is 0.320 e. The van der Waals surface area contributed by atoms with E-state index in [1.165, 1.54) is 0 Å². The molecular weight excluding hydrogens is 384 g/mol. The molecule has 0 radical (unpaired) electrons. The molecule has 0 saturated heterocycles. The van der Waals surface area contributed by atoms with E-state index in [1.807, 2.05) is 52.0 Å². The highest BCUT2D eigenvalue weighted by molar-refractivity contribution is 5.74. The Bertz CT molecular complexity index is 764. The molecule has 8 heteroatoms. The largest absolute Gasteiger partial charge is 0.480 e. The SMILES string of the molecule is CC(C)[C@H](NCc1ccc(-c2ccc(CN[C@H](C(=O)O)C(C)C)cn2)nc1)C(=O)O. The molecule has 0 spiro atoms. The fraction of sp³-hybridized carbons (Fsp3) is 0.455. The van der Waals surface area contributed by atoms with Gasteiger partial charge in [-0.3, -0.25) is 19.6 Å². The monoisotopic (exact) mass is 414 g/mol. The molecule has 8 nitrogen and oxygen atoms in total. The van der Waals surface area contributed by atoms with Gasteiger partial charge in [-0.15, -0.1) is 0 Å². The third-order valence-corrected chi connectivity index (χ3v) is 4.83. The molecule has 0 amide bonds. The average Bonchev–Trinajstić information content (AvgIpc) is 2.68. The van der Waals surface area contributed by atoms with Gasteiger partial charge in [-0.25, -0.2) is 0 Å². The van der Waals surface area contributed by atoms with E-state index in [-0.39, 0.29) is 11.8 Å². The number of aliphatic carboxylic acids is 2. The van der Waals surface area contributed by atoms with Gasteiger partial charge in [0.05, 0.1) is 11.4 Å². The Morgan fingerprint density at radius 1 is 0.767 bits per heavy atom. The molecule has 2 heterocycles. The first-order valence-corrected chi connectivity index (χ1v) is 10.0. The molecule has 0 aliphatic heterocycles. The van der Waals surface area contributed by atoms with Crippen LogP contribution in [0.25, 0.3) is 11.4 Å². The van der Waals surface area contributed by atoms with Crippen molar-refractivity contribution in [1.82, 2.24) is 20.6 Å². The van der Waals surface area contributed by atoms with Crippen molar-refractivity contribution < 1.29 is 19.8 Å². The second-order valence-corrected chi connectivity index (χ2v) is 7.99. The predicted molar refractivity (Wildman–Crippen MR) is 114 cm³/mol. The highest BCUT2D eigenvalue weighted by Gasteiger charge is 2.21. The molecule has 30 heavy (non-hydrogen) atoms. The molecule has 0 unspecified atom stereocenters. The molecule has 0 bridgehead atoms. The lowest BCUT2D eigenvalue weighted by Gasteiger charge is -2.18. The second kappa shape index (κ2) is 10.8. The van der Waals surface area contributed by atoms with Crippen LogP contribution < -0.4 is 10.6 Å². The number of pyridine rings is 2. The third kappa shape index (κ3) is 6.60. The van der Waals surface area contributed by atoms with E-state index < -0.39 is 24.0 Å². The Hall–Kier alpha value is -2.84. The van der Waals surface area contributed by atoms with E-state index in [0.717, 1.165) is 11.1 Å². The summed E-state index contributed by atoms with van der Waals surface area (Å²) in [5.74, 6) is -1.76. The number of carbonyl (C=O) groups is 2. The lowest BCUT2D eigenvalue weighted by atomic mass is 10.0. The molecule has 2 rings (SSSR count). The maximum Gasteiger partial charge on any atom is 0.320 e. The van der Waals surface area contributed by atoms with Crippen molar-refractivity contribution in [3.05, 3.63) is 47.8 Å². The van der Waals surface area contributed by atoms with Crippen molar-refractivity contribution in [2.45, 2.75) is 52.9 Å². The van der Waals surface area contributed by atoms with Gasteiger partial charge < -0.3 is 20.8 Å². The van der Waals surface area contributed by atoms with Crippen LogP contribution in [-0.2, 0) is 22.7 Å². The topological polar surface area (TPSA) is 124 Å².